The maximum atomic E-state index is 12.1. The average molecular weight is 331 g/mol. The highest BCUT2D eigenvalue weighted by Crippen LogP contribution is 2.27. The highest BCUT2D eigenvalue weighted by atomic mass is 32.2. The van der Waals surface area contributed by atoms with Gasteiger partial charge in [0.25, 0.3) is 5.69 Å². The molecule has 0 aliphatic heterocycles. The minimum absolute atomic E-state index is 0.0290. The topological polar surface area (TPSA) is 142 Å². The van der Waals surface area contributed by atoms with Crippen LogP contribution in [0.4, 0.5) is 5.69 Å². The van der Waals surface area contributed by atoms with E-state index in [2.05, 4.69) is 4.72 Å². The molecule has 22 heavy (non-hydrogen) atoms. The van der Waals surface area contributed by atoms with Crippen molar-refractivity contribution in [2.24, 2.45) is 5.73 Å². The molecule has 0 amide bonds. The highest BCUT2D eigenvalue weighted by molar-refractivity contribution is 7.89. The molecular weight excluding hydrogens is 314 g/mol. The van der Waals surface area contributed by atoms with E-state index in [1.54, 1.807) is 6.92 Å². The molecule has 1 aromatic rings. The third kappa shape index (κ3) is 4.00. The van der Waals surface area contributed by atoms with Crippen LogP contribution in [-0.2, 0) is 14.8 Å². The smallest absolute Gasteiger partial charge is 0.338 e. The molecule has 0 aromatic heterocycles. The molecule has 0 fully saturated rings. The summed E-state index contributed by atoms with van der Waals surface area (Å²) in [6.07, 6.45) is 0. The predicted octanol–water partition coefficient (Wildman–Crippen LogP) is 0.317. The number of nitrogens with two attached hydrogens (primary N) is 1. The molecule has 0 saturated heterocycles. The van der Waals surface area contributed by atoms with Crippen LogP contribution in [0.5, 0.6) is 0 Å². The van der Waals surface area contributed by atoms with Gasteiger partial charge in [-0.1, -0.05) is 0 Å². The van der Waals surface area contributed by atoms with E-state index in [4.69, 9.17) is 10.5 Å². The third-order valence-corrected chi connectivity index (χ3v) is 4.23. The summed E-state index contributed by atoms with van der Waals surface area (Å²) < 4.78 is 31.1. The molecule has 0 bridgehead atoms. The van der Waals surface area contributed by atoms with E-state index in [0.29, 0.717) is 0 Å². The fourth-order valence-electron chi connectivity index (χ4n) is 1.72. The van der Waals surface area contributed by atoms with Crippen LogP contribution in [0, 0.1) is 17.0 Å². The summed E-state index contributed by atoms with van der Waals surface area (Å²) in [5, 5.41) is 11.1. The number of sulfonamides is 1. The van der Waals surface area contributed by atoms with Gasteiger partial charge in [-0.25, -0.2) is 17.9 Å². The molecule has 0 atom stereocenters. The Morgan fingerprint density at radius 2 is 2.09 bits per heavy atom. The second kappa shape index (κ2) is 7.29. The van der Waals surface area contributed by atoms with Crippen molar-refractivity contribution in [3.63, 3.8) is 0 Å². The molecule has 1 rings (SSSR count). The van der Waals surface area contributed by atoms with Crippen molar-refractivity contribution in [1.29, 1.82) is 0 Å². The van der Waals surface area contributed by atoms with Crippen LogP contribution in [0.3, 0.4) is 0 Å². The monoisotopic (exact) mass is 331 g/mol. The van der Waals surface area contributed by atoms with E-state index >= 15 is 0 Å². The standard InChI is InChI=1S/C12H17N3O6S/c1-3-21-12(16)10-6-9(22(19,20)14-5-4-13)7-11(8(10)2)15(17)18/h6-7,14H,3-5,13H2,1-2H3. The quantitative estimate of drug-likeness (QED) is 0.416. The number of nitrogens with zero attached hydrogens (tertiary/aromatic N) is 1. The van der Waals surface area contributed by atoms with Gasteiger partial charge in [0.1, 0.15) is 0 Å². The summed E-state index contributed by atoms with van der Waals surface area (Å²) in [5.41, 5.74) is 4.63. The summed E-state index contributed by atoms with van der Waals surface area (Å²) in [7, 11) is -4.01. The minimum Gasteiger partial charge on any atom is -0.462 e. The van der Waals surface area contributed by atoms with Crippen molar-refractivity contribution in [2.45, 2.75) is 18.7 Å². The summed E-state index contributed by atoms with van der Waals surface area (Å²) in [4.78, 5) is 21.8. The number of ether oxygens (including phenoxy) is 1. The fraction of sp³-hybridized carbons (Fsp3) is 0.417. The van der Waals surface area contributed by atoms with Gasteiger partial charge in [-0.2, -0.15) is 0 Å². The number of benzene rings is 1. The number of rotatable bonds is 7. The molecule has 0 radical (unpaired) electrons. The Morgan fingerprint density at radius 1 is 1.45 bits per heavy atom. The van der Waals surface area contributed by atoms with Crippen LogP contribution in [0.25, 0.3) is 0 Å². The van der Waals surface area contributed by atoms with Gasteiger partial charge in [-0.3, -0.25) is 10.1 Å². The van der Waals surface area contributed by atoms with Crippen LogP contribution in [0.2, 0.25) is 0 Å². The van der Waals surface area contributed by atoms with E-state index in [-0.39, 0.29) is 35.7 Å². The Labute approximate surface area is 127 Å². The normalized spacial score (nSPS) is 11.2. The zero-order chi connectivity index (χ0) is 16.9. The van der Waals surface area contributed by atoms with Crippen molar-refractivity contribution in [1.82, 2.24) is 4.72 Å². The van der Waals surface area contributed by atoms with Crippen molar-refractivity contribution in [3.05, 3.63) is 33.4 Å². The molecule has 122 valence electrons. The van der Waals surface area contributed by atoms with Crippen LogP contribution in [0.15, 0.2) is 17.0 Å². The highest BCUT2D eigenvalue weighted by Gasteiger charge is 2.25. The van der Waals surface area contributed by atoms with Crippen molar-refractivity contribution in [3.8, 4) is 0 Å². The molecule has 0 heterocycles. The number of esters is 1. The maximum absolute atomic E-state index is 12.1. The van der Waals surface area contributed by atoms with E-state index in [1.807, 2.05) is 0 Å². The molecule has 0 saturated carbocycles. The van der Waals surface area contributed by atoms with Crippen molar-refractivity contribution in [2.75, 3.05) is 19.7 Å². The number of carbonyl (C=O) groups is 1. The Balaban J connectivity index is 3.48. The Hall–Kier alpha value is -2.04. The largest absolute Gasteiger partial charge is 0.462 e. The van der Waals surface area contributed by atoms with Crippen molar-refractivity contribution >= 4 is 21.7 Å². The lowest BCUT2D eigenvalue weighted by molar-refractivity contribution is -0.385. The lowest BCUT2D eigenvalue weighted by Crippen LogP contribution is -2.29. The average Bonchev–Trinajstić information content (AvgIpc) is 2.45. The lowest BCUT2D eigenvalue weighted by atomic mass is 10.1. The first-order valence-electron chi connectivity index (χ1n) is 6.40. The second-order valence-corrected chi connectivity index (χ2v) is 6.05. The van der Waals surface area contributed by atoms with Gasteiger partial charge in [0.05, 0.1) is 22.0 Å². The summed E-state index contributed by atoms with van der Waals surface area (Å²) in [6, 6.07) is 1.95. The molecular formula is C12H17N3O6S. The van der Waals surface area contributed by atoms with E-state index in [9.17, 15) is 23.3 Å². The van der Waals surface area contributed by atoms with Crippen LogP contribution in [0.1, 0.15) is 22.8 Å². The zero-order valence-corrected chi connectivity index (χ0v) is 13.0. The predicted molar refractivity (Wildman–Crippen MR) is 78.0 cm³/mol. The van der Waals surface area contributed by atoms with Crippen LogP contribution >= 0.6 is 0 Å². The van der Waals surface area contributed by atoms with Crippen LogP contribution in [-0.4, -0.2) is 39.0 Å². The van der Waals surface area contributed by atoms with E-state index in [1.165, 1.54) is 6.92 Å². The van der Waals surface area contributed by atoms with Gasteiger partial charge in [-0.15, -0.1) is 0 Å². The van der Waals surface area contributed by atoms with E-state index in [0.717, 1.165) is 12.1 Å². The number of nitro groups is 1. The number of nitro benzene ring substituents is 1. The first-order valence-corrected chi connectivity index (χ1v) is 7.88. The SMILES string of the molecule is CCOC(=O)c1cc(S(=O)(=O)NCCN)cc([N+](=O)[O-])c1C. The zero-order valence-electron chi connectivity index (χ0n) is 12.2. The first kappa shape index (κ1) is 18.0. The lowest BCUT2D eigenvalue weighted by Gasteiger charge is -2.10. The minimum atomic E-state index is -4.01. The summed E-state index contributed by atoms with van der Waals surface area (Å²) in [6.45, 7) is 3.03. The van der Waals surface area contributed by atoms with Gasteiger partial charge >= 0.3 is 5.97 Å². The second-order valence-electron chi connectivity index (χ2n) is 4.28. The Kier molecular flexibility index (Phi) is 5.97. The molecule has 3 N–H and O–H groups in total. The van der Waals surface area contributed by atoms with Gasteiger partial charge < -0.3 is 10.5 Å². The number of hydrogen-bond donors (Lipinski definition) is 2. The van der Waals surface area contributed by atoms with E-state index < -0.39 is 26.6 Å². The molecule has 9 nitrogen and oxygen atoms in total. The third-order valence-electron chi connectivity index (χ3n) is 2.79. The number of carbonyl (C=O) groups excluding carboxylic acids is 1. The number of hydrogen-bond acceptors (Lipinski definition) is 7. The van der Waals surface area contributed by atoms with Crippen molar-refractivity contribution < 1.29 is 22.9 Å². The molecule has 0 aliphatic rings. The van der Waals surface area contributed by atoms with Gasteiger partial charge in [0.15, 0.2) is 0 Å². The number of nitrogens with one attached hydrogen (secondary N) is 1. The summed E-state index contributed by atoms with van der Waals surface area (Å²) >= 11 is 0. The van der Waals surface area contributed by atoms with Gasteiger partial charge in [-0.05, 0) is 19.9 Å². The molecule has 1 aromatic carbocycles. The molecule has 10 heteroatoms. The first-order chi connectivity index (χ1) is 10.2. The maximum Gasteiger partial charge on any atom is 0.338 e. The molecule has 0 unspecified atom stereocenters. The summed E-state index contributed by atoms with van der Waals surface area (Å²) in [5.74, 6) is -0.820. The van der Waals surface area contributed by atoms with Crippen LogP contribution < -0.4 is 10.5 Å². The Bertz CT molecular complexity index is 686. The molecule has 0 spiro atoms. The Morgan fingerprint density at radius 3 is 2.59 bits per heavy atom. The molecule has 0 aliphatic carbocycles. The van der Waals surface area contributed by atoms with Gasteiger partial charge in [0.2, 0.25) is 10.0 Å². The fourth-order valence-corrected chi connectivity index (χ4v) is 2.81. The van der Waals surface area contributed by atoms with Gasteiger partial charge in [0, 0.05) is 24.7 Å².